The molecule has 7 heavy (non-hydrogen) atoms. The maximum absolute atomic E-state index is 5.49. The van der Waals surface area contributed by atoms with Gasteiger partial charge >= 0.3 is 0 Å². The lowest BCUT2D eigenvalue weighted by Gasteiger charge is -1.94. The molecular weight excluding hydrogens is 132 g/mol. The molecule has 0 aliphatic carbocycles. The van der Waals surface area contributed by atoms with Crippen LogP contribution in [0, 0.1) is 5.94 Å². The van der Waals surface area contributed by atoms with Crippen LogP contribution in [0.4, 0.5) is 0 Å². The second-order valence-electron chi connectivity index (χ2n) is 1.34. The Morgan fingerprint density at radius 2 is 2.86 bits per heavy atom. The summed E-state index contributed by atoms with van der Waals surface area (Å²) in [7, 11) is 0. The van der Waals surface area contributed by atoms with E-state index in [-0.39, 0.29) is 0 Å². The fourth-order valence-electron chi connectivity index (χ4n) is 0.385. The molecular formula is C4H6ClOS. The lowest BCUT2D eigenvalue weighted by molar-refractivity contribution is 0.253. The zero-order chi connectivity index (χ0) is 5.11. The van der Waals surface area contributed by atoms with Gasteiger partial charge in [0.1, 0.15) is 5.94 Å². The molecule has 0 aromatic rings. The van der Waals surface area contributed by atoms with Crippen LogP contribution < -0.4 is 0 Å². The number of hydrogen-bond acceptors (Lipinski definition) is 2. The molecule has 1 radical (unpaired) electrons. The van der Waals surface area contributed by atoms with Gasteiger partial charge in [-0.1, -0.05) is 0 Å². The Labute approximate surface area is 52.4 Å². The van der Waals surface area contributed by atoms with Crippen LogP contribution in [-0.2, 0) is 4.74 Å². The summed E-state index contributed by atoms with van der Waals surface area (Å²) in [5, 5.41) is 0.502. The lowest BCUT2D eigenvalue weighted by Crippen LogP contribution is -2.03. The van der Waals surface area contributed by atoms with Crippen LogP contribution in [0.2, 0.25) is 0 Å². The van der Waals surface area contributed by atoms with Crippen LogP contribution in [0.3, 0.4) is 0 Å². The molecule has 1 aliphatic rings. The number of ether oxygens (including phenoxy) is 1. The largest absolute Gasteiger partial charge is 0.363 e. The van der Waals surface area contributed by atoms with E-state index in [1.165, 1.54) is 0 Å². The number of halogens is 1. The molecule has 0 aromatic carbocycles. The molecule has 0 amide bonds. The van der Waals surface area contributed by atoms with Gasteiger partial charge in [0.05, 0.1) is 6.61 Å². The fourth-order valence-corrected chi connectivity index (χ4v) is 1.24. The number of hydrogen-bond donors (Lipinski definition) is 0. The van der Waals surface area contributed by atoms with Gasteiger partial charge < -0.3 is 4.74 Å². The molecule has 0 bridgehead atoms. The number of rotatable bonds is 1. The summed E-state index contributed by atoms with van der Waals surface area (Å²) in [4.78, 5) is 0. The monoisotopic (exact) mass is 137 g/mol. The first-order valence-corrected chi connectivity index (χ1v) is 3.56. The number of thioether (sulfide) groups is 1. The Kier molecular flexibility index (Phi) is 2.29. The molecule has 1 nitrogen and oxygen atoms in total. The van der Waals surface area contributed by atoms with Crippen molar-refractivity contribution in [3.63, 3.8) is 0 Å². The van der Waals surface area contributed by atoms with Crippen molar-refractivity contribution in [1.29, 1.82) is 0 Å². The highest BCUT2D eigenvalue weighted by atomic mass is 35.5. The van der Waals surface area contributed by atoms with E-state index in [0.29, 0.717) is 11.1 Å². The predicted octanol–water partition coefficient (Wildman–Crippen LogP) is 1.48. The van der Waals surface area contributed by atoms with E-state index in [2.05, 4.69) is 0 Å². The second kappa shape index (κ2) is 2.80. The van der Waals surface area contributed by atoms with Crippen molar-refractivity contribution in [2.45, 2.75) is 5.25 Å². The minimum Gasteiger partial charge on any atom is -0.363 e. The molecule has 0 aromatic heterocycles. The summed E-state index contributed by atoms with van der Waals surface area (Å²) in [6.07, 6.45) is 0. The summed E-state index contributed by atoms with van der Waals surface area (Å²) in [5.41, 5.74) is 0. The van der Waals surface area contributed by atoms with E-state index < -0.39 is 0 Å². The summed E-state index contributed by atoms with van der Waals surface area (Å²) in [6, 6.07) is 0. The van der Waals surface area contributed by atoms with Gasteiger partial charge in [-0.05, 0) is 0 Å². The van der Waals surface area contributed by atoms with Gasteiger partial charge in [-0.2, -0.15) is 0 Å². The van der Waals surface area contributed by atoms with Gasteiger partial charge in [-0.15, -0.1) is 23.4 Å². The van der Waals surface area contributed by atoms with Crippen LogP contribution in [0.15, 0.2) is 0 Å². The third kappa shape index (κ3) is 1.52. The third-order valence-electron chi connectivity index (χ3n) is 0.770. The highest BCUT2D eigenvalue weighted by Gasteiger charge is 2.14. The molecule has 1 heterocycles. The first-order chi connectivity index (χ1) is 3.43. The van der Waals surface area contributed by atoms with E-state index in [4.69, 9.17) is 16.3 Å². The summed E-state index contributed by atoms with van der Waals surface area (Å²) >= 11 is 7.15. The second-order valence-corrected chi connectivity index (χ2v) is 2.78. The minimum absolute atomic E-state index is 0.502. The van der Waals surface area contributed by atoms with Crippen LogP contribution in [0.5, 0.6) is 0 Å². The molecule has 1 atom stereocenters. The van der Waals surface area contributed by atoms with Gasteiger partial charge in [-0.3, -0.25) is 0 Å². The van der Waals surface area contributed by atoms with Crippen molar-refractivity contribution in [2.24, 2.45) is 0 Å². The first-order valence-electron chi connectivity index (χ1n) is 2.08. The Hall–Kier alpha value is 0.600. The van der Waals surface area contributed by atoms with Crippen molar-refractivity contribution >= 4 is 23.4 Å². The fraction of sp³-hybridized carbons (Fsp3) is 0.750. The highest BCUT2D eigenvalue weighted by Crippen LogP contribution is 2.23. The van der Waals surface area contributed by atoms with Gasteiger partial charge in [-0.25, -0.2) is 0 Å². The zero-order valence-electron chi connectivity index (χ0n) is 3.76. The lowest BCUT2D eigenvalue weighted by atomic mass is 10.5. The molecule has 0 spiro atoms. The summed E-state index contributed by atoms with van der Waals surface area (Å²) in [6.45, 7) is 0.786. The van der Waals surface area contributed by atoms with Gasteiger partial charge in [0, 0.05) is 11.1 Å². The smallest absolute Gasteiger partial charge is 0.139 e. The molecule has 1 saturated heterocycles. The Bertz CT molecular complexity index is 53.7. The van der Waals surface area contributed by atoms with E-state index in [9.17, 15) is 0 Å². The van der Waals surface area contributed by atoms with E-state index in [0.717, 1.165) is 6.61 Å². The predicted molar refractivity (Wildman–Crippen MR) is 32.4 cm³/mol. The molecule has 1 unspecified atom stereocenters. The maximum atomic E-state index is 5.49. The Morgan fingerprint density at radius 1 is 2.00 bits per heavy atom. The normalized spacial score (nSPS) is 31.3. The van der Waals surface area contributed by atoms with Crippen molar-refractivity contribution in [3.05, 3.63) is 5.94 Å². The Morgan fingerprint density at radius 3 is 3.14 bits per heavy atom. The van der Waals surface area contributed by atoms with Gasteiger partial charge in [0.2, 0.25) is 0 Å². The maximum Gasteiger partial charge on any atom is 0.139 e. The van der Waals surface area contributed by atoms with Gasteiger partial charge in [0.15, 0.2) is 0 Å². The molecule has 3 heteroatoms. The van der Waals surface area contributed by atoms with E-state index in [1.807, 2.05) is 0 Å². The van der Waals surface area contributed by atoms with Crippen LogP contribution in [0.1, 0.15) is 0 Å². The van der Waals surface area contributed by atoms with Crippen LogP contribution in [0.25, 0.3) is 0 Å². The molecule has 0 saturated carbocycles. The number of alkyl halides is 1. The first kappa shape index (κ1) is 5.73. The minimum atomic E-state index is 0.502. The van der Waals surface area contributed by atoms with Crippen molar-refractivity contribution in [1.82, 2.24) is 0 Å². The quantitative estimate of drug-likeness (QED) is 0.507. The summed E-state index contributed by atoms with van der Waals surface area (Å²) < 4.78 is 4.90. The van der Waals surface area contributed by atoms with E-state index in [1.54, 1.807) is 17.7 Å². The zero-order valence-corrected chi connectivity index (χ0v) is 5.34. The molecule has 1 fully saturated rings. The molecule has 1 rings (SSSR count). The molecule has 41 valence electrons. The SMILES string of the molecule is ClCC1CO[CH]S1. The average molecular weight is 138 g/mol. The Balaban J connectivity index is 2.14. The van der Waals surface area contributed by atoms with Crippen molar-refractivity contribution in [3.8, 4) is 0 Å². The molecule has 1 aliphatic heterocycles. The topological polar surface area (TPSA) is 9.23 Å². The van der Waals surface area contributed by atoms with Crippen molar-refractivity contribution in [2.75, 3.05) is 12.5 Å². The highest BCUT2D eigenvalue weighted by molar-refractivity contribution is 8.02. The van der Waals surface area contributed by atoms with Crippen LogP contribution in [-0.4, -0.2) is 17.7 Å². The van der Waals surface area contributed by atoms with E-state index >= 15 is 0 Å². The van der Waals surface area contributed by atoms with Gasteiger partial charge in [0.25, 0.3) is 0 Å². The van der Waals surface area contributed by atoms with Crippen LogP contribution >= 0.6 is 23.4 Å². The average Bonchev–Trinajstić information content (AvgIpc) is 2.14. The summed E-state index contributed by atoms with van der Waals surface area (Å²) in [5.74, 6) is 2.44. The third-order valence-corrected chi connectivity index (χ3v) is 2.26. The molecule has 0 N–H and O–H groups in total. The van der Waals surface area contributed by atoms with Crippen molar-refractivity contribution < 1.29 is 4.74 Å². The standard InChI is InChI=1S/C4H6ClOS/c5-1-4-2-6-3-7-4/h3-4H,1-2H2.